The maximum Gasteiger partial charge on any atom is 0.405 e. The second kappa shape index (κ2) is 10.3. The molecule has 0 saturated carbocycles. The molecule has 0 aliphatic carbocycles. The summed E-state index contributed by atoms with van der Waals surface area (Å²) in [4.78, 5) is 35.6. The summed E-state index contributed by atoms with van der Waals surface area (Å²) in [5.41, 5.74) is 1.93. The summed E-state index contributed by atoms with van der Waals surface area (Å²) >= 11 is 0. The van der Waals surface area contributed by atoms with Crippen molar-refractivity contribution in [2.45, 2.75) is 19.6 Å². The Labute approximate surface area is 171 Å². The molecule has 0 aromatic heterocycles. The van der Waals surface area contributed by atoms with E-state index in [2.05, 4.69) is 16.0 Å². The minimum Gasteiger partial charge on any atom is -0.376 e. The fraction of sp³-hybridized carbons (Fsp3) is 0.250. The number of alkyl halides is 3. The highest BCUT2D eigenvalue weighted by Gasteiger charge is 2.28. The molecule has 10 heteroatoms. The van der Waals surface area contributed by atoms with Gasteiger partial charge in [-0.3, -0.25) is 14.9 Å². The summed E-state index contributed by atoms with van der Waals surface area (Å²) in [6.45, 7) is 0.238. The van der Waals surface area contributed by atoms with Crippen LogP contribution in [0.15, 0.2) is 48.5 Å². The zero-order valence-electron chi connectivity index (χ0n) is 16.1. The van der Waals surface area contributed by atoms with Gasteiger partial charge in [-0.2, -0.15) is 13.2 Å². The van der Waals surface area contributed by atoms with Crippen LogP contribution in [0.2, 0.25) is 0 Å². The standard InChI is InChI=1S/C20H21F3N4O3/c1-13-7-8-15(18(29)26-12-20(21,22)23)9-16(13)24-11-17(28)27-19(30)25-10-14-5-3-2-4-6-14/h2-9,24H,10-12H2,1H3,(H,26,29)(H2,25,27,28,30). The molecule has 0 heterocycles. The number of nitrogens with one attached hydrogen (secondary N) is 4. The maximum atomic E-state index is 12.2. The van der Waals surface area contributed by atoms with Crippen LogP contribution in [0.1, 0.15) is 21.5 Å². The number of amides is 4. The van der Waals surface area contributed by atoms with Crippen molar-refractivity contribution in [2.24, 2.45) is 0 Å². The molecule has 0 atom stereocenters. The molecule has 0 spiro atoms. The van der Waals surface area contributed by atoms with E-state index in [1.54, 1.807) is 12.2 Å². The topological polar surface area (TPSA) is 99.3 Å². The quantitative estimate of drug-likeness (QED) is 0.551. The van der Waals surface area contributed by atoms with Crippen molar-refractivity contribution >= 4 is 23.5 Å². The van der Waals surface area contributed by atoms with Gasteiger partial charge in [-0.1, -0.05) is 36.4 Å². The van der Waals surface area contributed by atoms with Crippen molar-refractivity contribution < 1.29 is 27.6 Å². The monoisotopic (exact) mass is 422 g/mol. The summed E-state index contributed by atoms with van der Waals surface area (Å²) in [6, 6.07) is 12.7. The smallest absolute Gasteiger partial charge is 0.376 e. The number of anilines is 1. The Kier molecular flexibility index (Phi) is 7.79. The third-order valence-corrected chi connectivity index (χ3v) is 3.94. The molecule has 0 aliphatic rings. The number of urea groups is 1. The lowest BCUT2D eigenvalue weighted by Crippen LogP contribution is -2.41. The molecule has 0 unspecified atom stereocenters. The van der Waals surface area contributed by atoms with Crippen molar-refractivity contribution in [1.82, 2.24) is 16.0 Å². The predicted molar refractivity (Wildman–Crippen MR) is 105 cm³/mol. The number of rotatable bonds is 7. The molecule has 4 N–H and O–H groups in total. The van der Waals surface area contributed by atoms with E-state index in [0.717, 1.165) is 5.56 Å². The molecule has 30 heavy (non-hydrogen) atoms. The molecule has 2 aromatic rings. The van der Waals surface area contributed by atoms with Gasteiger partial charge in [0, 0.05) is 17.8 Å². The number of carbonyl (C=O) groups excluding carboxylic acids is 3. The summed E-state index contributed by atoms with van der Waals surface area (Å²) in [5.74, 6) is -1.51. The normalized spacial score (nSPS) is 10.8. The van der Waals surface area contributed by atoms with Gasteiger partial charge >= 0.3 is 12.2 Å². The second-order valence-corrected chi connectivity index (χ2v) is 6.40. The largest absolute Gasteiger partial charge is 0.405 e. The van der Waals surface area contributed by atoms with Crippen molar-refractivity contribution in [1.29, 1.82) is 0 Å². The minimum absolute atomic E-state index is 0.00774. The highest BCUT2D eigenvalue weighted by atomic mass is 19.4. The first-order valence-electron chi connectivity index (χ1n) is 8.95. The Hall–Kier alpha value is -3.56. The molecule has 7 nitrogen and oxygen atoms in total. The van der Waals surface area contributed by atoms with Gasteiger partial charge in [0.25, 0.3) is 5.91 Å². The number of carbonyl (C=O) groups is 3. The van der Waals surface area contributed by atoms with Gasteiger partial charge < -0.3 is 16.0 Å². The molecule has 0 saturated heterocycles. The number of imide groups is 1. The number of aryl methyl sites for hydroxylation is 1. The Balaban J connectivity index is 1.84. The van der Waals surface area contributed by atoms with Crippen LogP contribution in [-0.2, 0) is 11.3 Å². The summed E-state index contributed by atoms with van der Waals surface area (Å²) in [7, 11) is 0. The molecule has 4 amide bonds. The van der Waals surface area contributed by atoms with Crippen LogP contribution in [0.4, 0.5) is 23.7 Å². The van der Waals surface area contributed by atoms with Crippen LogP contribution in [-0.4, -0.2) is 37.1 Å². The Morgan fingerprint density at radius 1 is 0.967 bits per heavy atom. The van der Waals surface area contributed by atoms with E-state index in [1.165, 1.54) is 18.2 Å². The van der Waals surface area contributed by atoms with Crippen molar-refractivity contribution in [2.75, 3.05) is 18.4 Å². The van der Waals surface area contributed by atoms with Gasteiger partial charge in [-0.15, -0.1) is 0 Å². The van der Waals surface area contributed by atoms with Gasteiger partial charge in [0.2, 0.25) is 5.91 Å². The average Bonchev–Trinajstić information content (AvgIpc) is 2.70. The van der Waals surface area contributed by atoms with Gasteiger partial charge in [-0.25, -0.2) is 4.79 Å². The van der Waals surface area contributed by atoms with Gasteiger partial charge in [0.05, 0.1) is 6.54 Å². The van der Waals surface area contributed by atoms with E-state index in [9.17, 15) is 27.6 Å². The van der Waals surface area contributed by atoms with E-state index in [-0.39, 0.29) is 18.7 Å². The molecule has 2 rings (SSSR count). The van der Waals surface area contributed by atoms with Crippen molar-refractivity contribution in [3.05, 3.63) is 65.2 Å². The number of benzene rings is 2. The SMILES string of the molecule is Cc1ccc(C(=O)NCC(F)(F)F)cc1NCC(=O)NC(=O)NCc1ccccc1. The molecule has 0 radical (unpaired) electrons. The molecule has 0 bridgehead atoms. The fourth-order valence-corrected chi connectivity index (χ4v) is 2.40. The summed E-state index contributed by atoms with van der Waals surface area (Å²) in [5, 5.41) is 9.25. The molecular weight excluding hydrogens is 401 g/mol. The Morgan fingerprint density at radius 2 is 1.67 bits per heavy atom. The van der Waals surface area contributed by atoms with Crippen LogP contribution in [0.5, 0.6) is 0 Å². The number of hydrogen-bond donors (Lipinski definition) is 4. The van der Waals surface area contributed by atoms with E-state index < -0.39 is 30.6 Å². The molecule has 0 fully saturated rings. The van der Waals surface area contributed by atoms with Crippen molar-refractivity contribution in [3.8, 4) is 0 Å². The maximum absolute atomic E-state index is 12.2. The predicted octanol–water partition coefficient (Wildman–Crippen LogP) is 2.73. The van der Waals surface area contributed by atoms with E-state index in [0.29, 0.717) is 11.3 Å². The van der Waals surface area contributed by atoms with Crippen LogP contribution in [0.25, 0.3) is 0 Å². The molecule has 160 valence electrons. The minimum atomic E-state index is -4.51. The van der Waals surface area contributed by atoms with E-state index in [4.69, 9.17) is 0 Å². The molecular formula is C20H21F3N4O3. The summed E-state index contributed by atoms with van der Waals surface area (Å²) in [6.07, 6.45) is -4.51. The highest BCUT2D eigenvalue weighted by molar-refractivity contribution is 5.97. The van der Waals surface area contributed by atoms with E-state index >= 15 is 0 Å². The fourth-order valence-electron chi connectivity index (χ4n) is 2.40. The lowest BCUT2D eigenvalue weighted by molar-refractivity contribution is -0.123. The Morgan fingerprint density at radius 3 is 2.33 bits per heavy atom. The zero-order valence-corrected chi connectivity index (χ0v) is 16.1. The second-order valence-electron chi connectivity index (χ2n) is 6.40. The number of halogens is 3. The average molecular weight is 422 g/mol. The third kappa shape index (κ3) is 7.82. The van der Waals surface area contributed by atoms with Crippen molar-refractivity contribution in [3.63, 3.8) is 0 Å². The van der Waals surface area contributed by atoms with Crippen LogP contribution < -0.4 is 21.3 Å². The number of hydrogen-bond acceptors (Lipinski definition) is 4. The van der Waals surface area contributed by atoms with Gasteiger partial charge in [-0.05, 0) is 30.2 Å². The van der Waals surface area contributed by atoms with Crippen LogP contribution in [0.3, 0.4) is 0 Å². The third-order valence-electron chi connectivity index (χ3n) is 3.94. The van der Waals surface area contributed by atoms with Gasteiger partial charge in [0.15, 0.2) is 0 Å². The summed E-state index contributed by atoms with van der Waals surface area (Å²) < 4.78 is 36.7. The highest BCUT2D eigenvalue weighted by Crippen LogP contribution is 2.17. The van der Waals surface area contributed by atoms with Crippen LogP contribution >= 0.6 is 0 Å². The van der Waals surface area contributed by atoms with E-state index in [1.807, 2.05) is 30.3 Å². The zero-order chi connectivity index (χ0) is 22.1. The first-order chi connectivity index (χ1) is 14.1. The molecule has 2 aromatic carbocycles. The van der Waals surface area contributed by atoms with Crippen LogP contribution in [0, 0.1) is 6.92 Å². The first kappa shape index (κ1) is 22.7. The molecule has 0 aliphatic heterocycles. The van der Waals surface area contributed by atoms with Gasteiger partial charge in [0.1, 0.15) is 6.54 Å². The lowest BCUT2D eigenvalue weighted by Gasteiger charge is -2.13. The lowest BCUT2D eigenvalue weighted by atomic mass is 10.1. The first-order valence-corrected chi connectivity index (χ1v) is 8.95. The Bertz CT molecular complexity index is 902.